The van der Waals surface area contributed by atoms with E-state index in [4.69, 9.17) is 0 Å². The van der Waals surface area contributed by atoms with Gasteiger partial charge >= 0.3 is 6.18 Å². The molecule has 2 aliphatic rings. The van der Waals surface area contributed by atoms with Crippen molar-refractivity contribution in [3.63, 3.8) is 0 Å². The molecule has 0 spiro atoms. The van der Waals surface area contributed by atoms with Gasteiger partial charge in [-0.2, -0.15) is 13.2 Å². The fourth-order valence-electron chi connectivity index (χ4n) is 5.93. The first-order chi connectivity index (χ1) is 16.2. The summed E-state index contributed by atoms with van der Waals surface area (Å²) in [5, 5.41) is 3.59. The first kappa shape index (κ1) is 22.7. The third-order valence-electron chi connectivity index (χ3n) is 7.67. The number of hydrogen-bond donors (Lipinski definition) is 1. The molecule has 1 aromatic carbocycles. The average Bonchev–Trinajstić information content (AvgIpc) is 3.37. The van der Waals surface area contributed by atoms with Crippen molar-refractivity contribution in [2.24, 2.45) is 23.7 Å². The number of pyridine rings is 2. The number of benzene rings is 1. The van der Waals surface area contributed by atoms with Crippen LogP contribution in [0.25, 0.3) is 10.9 Å². The van der Waals surface area contributed by atoms with Crippen molar-refractivity contribution in [2.45, 2.75) is 44.7 Å². The molecule has 0 aliphatic heterocycles. The van der Waals surface area contributed by atoms with Crippen LogP contribution in [0.2, 0.25) is 0 Å². The molecule has 3 aromatic rings. The molecule has 1 amide bonds. The second-order valence-electron chi connectivity index (χ2n) is 9.69. The van der Waals surface area contributed by atoms with Crippen molar-refractivity contribution in [2.75, 3.05) is 5.32 Å². The highest BCUT2D eigenvalue weighted by molar-refractivity contribution is 5.92. The molecule has 5 atom stereocenters. The van der Waals surface area contributed by atoms with Crippen LogP contribution in [0.5, 0.6) is 0 Å². The van der Waals surface area contributed by atoms with Crippen LogP contribution in [0.3, 0.4) is 0 Å². The predicted octanol–water partition coefficient (Wildman–Crippen LogP) is 6.58. The summed E-state index contributed by atoms with van der Waals surface area (Å²) >= 11 is 0. The number of alkyl halides is 3. The first-order valence-corrected chi connectivity index (χ1v) is 11.6. The monoisotopic (exact) mass is 471 g/mol. The van der Waals surface area contributed by atoms with Gasteiger partial charge in [-0.05, 0) is 91.3 Å². The van der Waals surface area contributed by atoms with Crippen LogP contribution in [0.4, 0.5) is 23.2 Å². The van der Waals surface area contributed by atoms with Crippen molar-refractivity contribution < 1.29 is 22.4 Å². The van der Waals surface area contributed by atoms with Crippen LogP contribution in [-0.2, 0) is 11.0 Å². The van der Waals surface area contributed by atoms with Gasteiger partial charge < -0.3 is 5.32 Å². The Morgan fingerprint density at radius 3 is 2.41 bits per heavy atom. The van der Waals surface area contributed by atoms with Gasteiger partial charge in [0.15, 0.2) is 0 Å². The third-order valence-corrected chi connectivity index (χ3v) is 7.67. The van der Waals surface area contributed by atoms with Crippen LogP contribution in [-0.4, -0.2) is 15.9 Å². The minimum atomic E-state index is -4.51. The number of aromatic nitrogens is 2. The fourth-order valence-corrected chi connectivity index (χ4v) is 5.93. The van der Waals surface area contributed by atoms with Gasteiger partial charge in [0.05, 0.1) is 17.4 Å². The zero-order valence-corrected chi connectivity index (χ0v) is 18.6. The summed E-state index contributed by atoms with van der Waals surface area (Å²) in [6, 6.07) is 8.81. The zero-order chi connectivity index (χ0) is 24.0. The number of anilines is 1. The van der Waals surface area contributed by atoms with Gasteiger partial charge in [0.25, 0.3) is 0 Å². The maximum absolute atomic E-state index is 13.9. The van der Waals surface area contributed by atoms with E-state index >= 15 is 0 Å². The second-order valence-corrected chi connectivity index (χ2v) is 9.69. The minimum Gasteiger partial charge on any atom is -0.324 e. The molecule has 2 unspecified atom stereocenters. The number of rotatable bonds is 4. The zero-order valence-electron chi connectivity index (χ0n) is 18.6. The molecular weight excluding hydrogens is 446 g/mol. The summed E-state index contributed by atoms with van der Waals surface area (Å²) in [6.45, 7) is 1.88. The third kappa shape index (κ3) is 4.38. The van der Waals surface area contributed by atoms with E-state index in [1.54, 1.807) is 18.3 Å². The molecular formula is C26H25F4N3O. The number of hydrogen-bond acceptors (Lipinski definition) is 3. The fraction of sp³-hybridized carbons (Fsp3) is 0.423. The lowest BCUT2D eigenvalue weighted by Gasteiger charge is -2.21. The van der Waals surface area contributed by atoms with E-state index in [1.807, 2.05) is 13.0 Å². The number of carbonyl (C=O) groups excluding carboxylic acids is 1. The van der Waals surface area contributed by atoms with Crippen LogP contribution in [0, 0.1) is 29.5 Å². The molecule has 178 valence electrons. The lowest BCUT2D eigenvalue weighted by atomic mass is 9.86. The van der Waals surface area contributed by atoms with Crippen molar-refractivity contribution >= 4 is 22.5 Å². The molecule has 0 bridgehead atoms. The Morgan fingerprint density at radius 2 is 1.76 bits per heavy atom. The Hall–Kier alpha value is -3.03. The summed E-state index contributed by atoms with van der Waals surface area (Å²) in [5.74, 6) is 0.893. The summed E-state index contributed by atoms with van der Waals surface area (Å²) < 4.78 is 51.9. The van der Waals surface area contributed by atoms with Crippen LogP contribution >= 0.6 is 0 Å². The predicted molar refractivity (Wildman–Crippen MR) is 120 cm³/mol. The maximum atomic E-state index is 13.9. The van der Waals surface area contributed by atoms with Crippen molar-refractivity contribution in [1.82, 2.24) is 9.97 Å². The smallest absolute Gasteiger partial charge is 0.324 e. The normalized spacial score (nSPS) is 25.3. The number of halogens is 4. The molecule has 34 heavy (non-hydrogen) atoms. The standard InChI is InChI=1S/C26H25F4N3O/c1-14(25(34)33-20-3-5-24(32-13-20)26(28,29)30)15-8-16-10-18(11-17(16)9-15)21-6-7-31-23-4-2-19(27)12-22(21)23/h2-7,12-18H,8-11H2,1H3,(H,33,34)/t14-,15?,16-,17+,18?/m1/s1. The largest absolute Gasteiger partial charge is 0.433 e. The highest BCUT2D eigenvalue weighted by Crippen LogP contribution is 2.54. The second kappa shape index (κ2) is 8.64. The molecule has 4 nitrogen and oxygen atoms in total. The Morgan fingerprint density at radius 1 is 1.03 bits per heavy atom. The highest BCUT2D eigenvalue weighted by Gasteiger charge is 2.44. The van der Waals surface area contributed by atoms with E-state index in [0.717, 1.165) is 54.4 Å². The molecule has 2 fully saturated rings. The van der Waals surface area contributed by atoms with Gasteiger partial charge in [-0.25, -0.2) is 9.37 Å². The molecule has 2 heterocycles. The molecule has 0 radical (unpaired) electrons. The summed E-state index contributed by atoms with van der Waals surface area (Å²) in [5.41, 5.74) is 1.23. The Balaban J connectivity index is 1.21. The quantitative estimate of drug-likeness (QED) is 0.437. The Labute approximate surface area is 194 Å². The van der Waals surface area contributed by atoms with Crippen molar-refractivity contribution in [3.05, 3.63) is 65.9 Å². The molecule has 8 heteroatoms. The number of nitrogens with one attached hydrogen (secondary N) is 1. The SMILES string of the molecule is C[C@@H](C(=O)Nc1ccc(C(F)(F)F)nc1)C1C[C@H]2CC(c3ccnc4ccc(F)cc34)C[C@H]2C1. The van der Waals surface area contributed by atoms with Gasteiger partial charge in [-0.3, -0.25) is 9.78 Å². The maximum Gasteiger partial charge on any atom is 0.433 e. The highest BCUT2D eigenvalue weighted by atomic mass is 19.4. The summed E-state index contributed by atoms with van der Waals surface area (Å²) in [4.78, 5) is 20.5. The molecule has 0 saturated heterocycles. The molecule has 1 N–H and O–H groups in total. The van der Waals surface area contributed by atoms with Gasteiger partial charge in [0.1, 0.15) is 11.5 Å². The van der Waals surface area contributed by atoms with E-state index in [2.05, 4.69) is 15.3 Å². The number of carbonyl (C=O) groups is 1. The molecule has 2 saturated carbocycles. The van der Waals surface area contributed by atoms with E-state index in [0.29, 0.717) is 17.8 Å². The first-order valence-electron chi connectivity index (χ1n) is 11.6. The van der Waals surface area contributed by atoms with Crippen molar-refractivity contribution in [3.8, 4) is 0 Å². The van der Waals surface area contributed by atoms with Crippen LogP contribution in [0.15, 0.2) is 48.8 Å². The van der Waals surface area contributed by atoms with Crippen molar-refractivity contribution in [1.29, 1.82) is 0 Å². The lowest BCUT2D eigenvalue weighted by Crippen LogP contribution is -2.26. The van der Waals surface area contributed by atoms with Crippen LogP contribution in [0.1, 0.15) is 49.8 Å². The molecule has 5 rings (SSSR count). The van der Waals surface area contributed by atoms with E-state index in [9.17, 15) is 22.4 Å². The Kier molecular flexibility index (Phi) is 5.78. The number of amides is 1. The van der Waals surface area contributed by atoms with Gasteiger partial charge in [0, 0.05) is 17.5 Å². The summed E-state index contributed by atoms with van der Waals surface area (Å²) in [6.07, 6.45) is 2.23. The molecule has 2 aromatic heterocycles. The Bertz CT molecular complexity index is 1200. The van der Waals surface area contributed by atoms with E-state index in [-0.39, 0.29) is 29.2 Å². The number of fused-ring (bicyclic) bond motifs is 2. The molecule has 2 aliphatic carbocycles. The summed E-state index contributed by atoms with van der Waals surface area (Å²) in [7, 11) is 0. The van der Waals surface area contributed by atoms with Crippen LogP contribution < -0.4 is 5.32 Å². The van der Waals surface area contributed by atoms with E-state index in [1.165, 1.54) is 12.1 Å². The minimum absolute atomic E-state index is 0.196. The van der Waals surface area contributed by atoms with Gasteiger partial charge in [-0.1, -0.05) is 6.92 Å². The number of nitrogens with zero attached hydrogens (tertiary/aromatic N) is 2. The average molecular weight is 471 g/mol. The lowest BCUT2D eigenvalue weighted by molar-refractivity contribution is -0.141. The van der Waals surface area contributed by atoms with Gasteiger partial charge in [0.2, 0.25) is 5.91 Å². The van der Waals surface area contributed by atoms with Gasteiger partial charge in [-0.15, -0.1) is 0 Å². The van der Waals surface area contributed by atoms with E-state index < -0.39 is 11.9 Å². The topological polar surface area (TPSA) is 54.9 Å².